The summed E-state index contributed by atoms with van der Waals surface area (Å²) in [5.41, 5.74) is 2.75. The fourth-order valence-electron chi connectivity index (χ4n) is 4.94. The maximum absolute atomic E-state index is 14.6. The Balaban J connectivity index is 1.81. The number of carbonyl (C=O) groups is 2. The third-order valence-corrected chi connectivity index (χ3v) is 9.80. The summed E-state index contributed by atoms with van der Waals surface area (Å²) in [5.74, 6) is -0.277. The minimum Gasteiger partial charge on any atom is -0.497 e. The number of halogens is 1. The molecular formula is C36H40ClN3O5S. The van der Waals surface area contributed by atoms with Gasteiger partial charge in [-0.15, -0.1) is 0 Å². The second-order valence-corrected chi connectivity index (χ2v) is 13.5. The predicted octanol–water partition coefficient (Wildman–Crippen LogP) is 6.41. The molecule has 0 spiro atoms. The number of carbonyl (C=O) groups excluding carboxylic acids is 2. The molecule has 0 aliphatic carbocycles. The number of hydrogen-bond acceptors (Lipinski definition) is 5. The number of rotatable bonds is 14. The van der Waals surface area contributed by atoms with E-state index in [9.17, 15) is 18.0 Å². The average molecular weight is 662 g/mol. The van der Waals surface area contributed by atoms with Gasteiger partial charge in [-0.2, -0.15) is 0 Å². The van der Waals surface area contributed by atoms with Crippen LogP contribution in [0.5, 0.6) is 5.75 Å². The summed E-state index contributed by atoms with van der Waals surface area (Å²) in [6.07, 6.45) is 0.928. The van der Waals surface area contributed by atoms with Crippen LogP contribution in [0, 0.1) is 6.92 Å². The zero-order chi connectivity index (χ0) is 33.3. The smallest absolute Gasteiger partial charge is 0.264 e. The van der Waals surface area contributed by atoms with Crippen LogP contribution in [-0.2, 0) is 32.6 Å². The maximum atomic E-state index is 14.6. The van der Waals surface area contributed by atoms with Gasteiger partial charge in [0.05, 0.1) is 17.7 Å². The molecule has 0 bridgehead atoms. The molecular weight excluding hydrogens is 622 g/mol. The van der Waals surface area contributed by atoms with Crippen molar-refractivity contribution in [3.63, 3.8) is 0 Å². The molecule has 1 N–H and O–H groups in total. The molecule has 0 saturated heterocycles. The van der Waals surface area contributed by atoms with Crippen LogP contribution in [0.4, 0.5) is 5.69 Å². The molecule has 8 nitrogen and oxygen atoms in total. The number of methoxy groups -OCH3 is 1. The number of amides is 2. The standard InChI is InChI=1S/C36H40ClN3O5S/c1-5-27(3)38-36(42)34(23-28-10-7-6-8-11-28)39(24-29-12-9-13-32(22-29)45-4)35(41)25-40(31-18-16-30(37)17-19-31)46(43,44)33-20-14-26(2)15-21-33/h6-22,27,34H,5,23-25H2,1-4H3,(H,38,42)/t27-,34-/m0/s1. The molecule has 242 valence electrons. The normalized spacial score (nSPS) is 12.5. The van der Waals surface area contributed by atoms with Crippen molar-refractivity contribution in [1.29, 1.82) is 0 Å². The number of aryl methyl sites for hydroxylation is 1. The number of benzene rings is 4. The molecule has 2 atom stereocenters. The maximum Gasteiger partial charge on any atom is 0.264 e. The second kappa shape index (κ2) is 15.8. The van der Waals surface area contributed by atoms with Crippen molar-refractivity contribution in [1.82, 2.24) is 10.2 Å². The quantitative estimate of drug-likeness (QED) is 0.169. The van der Waals surface area contributed by atoms with E-state index >= 15 is 0 Å². The Hall–Kier alpha value is -4.34. The topological polar surface area (TPSA) is 96.0 Å². The van der Waals surface area contributed by atoms with Crippen molar-refractivity contribution in [3.05, 3.63) is 125 Å². The van der Waals surface area contributed by atoms with Crippen molar-refractivity contribution in [3.8, 4) is 5.75 Å². The minimum atomic E-state index is -4.20. The van der Waals surface area contributed by atoms with E-state index in [2.05, 4.69) is 5.32 Å². The molecule has 2 amide bonds. The molecule has 10 heteroatoms. The third kappa shape index (κ3) is 8.89. The Bertz CT molecular complexity index is 1720. The van der Waals surface area contributed by atoms with E-state index in [4.69, 9.17) is 16.3 Å². The summed E-state index contributed by atoms with van der Waals surface area (Å²) in [6, 6.07) is 28.3. The summed E-state index contributed by atoms with van der Waals surface area (Å²) < 4.78 is 34.8. The van der Waals surface area contributed by atoms with E-state index in [1.54, 1.807) is 55.6 Å². The summed E-state index contributed by atoms with van der Waals surface area (Å²) in [5, 5.41) is 3.47. The number of hydrogen-bond donors (Lipinski definition) is 1. The molecule has 0 aliphatic rings. The number of sulfonamides is 1. The van der Waals surface area contributed by atoms with Crippen LogP contribution in [0.15, 0.2) is 108 Å². The summed E-state index contributed by atoms with van der Waals surface area (Å²) in [4.78, 5) is 30.0. The molecule has 0 unspecified atom stereocenters. The zero-order valence-corrected chi connectivity index (χ0v) is 28.1. The number of nitrogens with one attached hydrogen (secondary N) is 1. The Kier molecular flexibility index (Phi) is 11.8. The fourth-order valence-corrected chi connectivity index (χ4v) is 6.48. The van der Waals surface area contributed by atoms with Gasteiger partial charge in [0.1, 0.15) is 18.3 Å². The summed E-state index contributed by atoms with van der Waals surface area (Å²) in [7, 11) is -2.65. The van der Waals surface area contributed by atoms with Crippen LogP contribution < -0.4 is 14.4 Å². The van der Waals surface area contributed by atoms with Crippen molar-refractivity contribution in [2.75, 3.05) is 18.0 Å². The van der Waals surface area contributed by atoms with Crippen molar-refractivity contribution in [2.45, 2.75) is 57.1 Å². The molecule has 0 fully saturated rings. The zero-order valence-electron chi connectivity index (χ0n) is 26.5. The first-order chi connectivity index (χ1) is 22.0. The molecule has 4 aromatic carbocycles. The highest BCUT2D eigenvalue weighted by Crippen LogP contribution is 2.27. The van der Waals surface area contributed by atoms with Crippen LogP contribution in [-0.4, -0.2) is 50.9 Å². The molecule has 0 aromatic heterocycles. The van der Waals surface area contributed by atoms with E-state index < -0.39 is 28.5 Å². The number of nitrogens with zero attached hydrogens (tertiary/aromatic N) is 2. The monoisotopic (exact) mass is 661 g/mol. The highest BCUT2D eigenvalue weighted by atomic mass is 35.5. The van der Waals surface area contributed by atoms with Gasteiger partial charge in [0.2, 0.25) is 11.8 Å². The van der Waals surface area contributed by atoms with E-state index in [0.717, 1.165) is 21.0 Å². The van der Waals surface area contributed by atoms with E-state index in [0.29, 0.717) is 17.2 Å². The van der Waals surface area contributed by atoms with E-state index in [1.807, 2.05) is 63.2 Å². The van der Waals surface area contributed by atoms with Crippen LogP contribution in [0.3, 0.4) is 0 Å². The number of ether oxygens (including phenoxy) is 1. The largest absolute Gasteiger partial charge is 0.497 e. The Labute approximate surface area is 277 Å². The minimum absolute atomic E-state index is 0.0375. The van der Waals surface area contributed by atoms with Crippen molar-refractivity contribution in [2.24, 2.45) is 0 Å². The summed E-state index contributed by atoms with van der Waals surface area (Å²) >= 11 is 6.15. The lowest BCUT2D eigenvalue weighted by Gasteiger charge is -2.34. The molecule has 0 aliphatic heterocycles. The van der Waals surface area contributed by atoms with Crippen molar-refractivity contribution < 1.29 is 22.7 Å². The van der Waals surface area contributed by atoms with Crippen LogP contribution >= 0.6 is 11.6 Å². The molecule has 0 radical (unpaired) electrons. The summed E-state index contributed by atoms with van der Waals surface area (Å²) in [6.45, 7) is 5.23. The molecule has 4 aromatic rings. The first-order valence-electron chi connectivity index (χ1n) is 15.1. The Morgan fingerprint density at radius 2 is 1.54 bits per heavy atom. The van der Waals surface area contributed by atoms with Gasteiger partial charge >= 0.3 is 0 Å². The van der Waals surface area contributed by atoms with Gasteiger partial charge < -0.3 is 15.0 Å². The molecule has 4 rings (SSSR count). The lowest BCUT2D eigenvalue weighted by molar-refractivity contribution is -0.140. The number of anilines is 1. The van der Waals surface area contributed by atoms with Gasteiger partial charge in [-0.3, -0.25) is 13.9 Å². The van der Waals surface area contributed by atoms with Crippen LogP contribution in [0.2, 0.25) is 5.02 Å². The molecule has 0 saturated carbocycles. The Morgan fingerprint density at radius 3 is 2.17 bits per heavy atom. The van der Waals surface area contributed by atoms with Crippen LogP contribution in [0.1, 0.15) is 37.0 Å². The molecule has 0 heterocycles. The van der Waals surface area contributed by atoms with Gasteiger partial charge in [0.15, 0.2) is 0 Å². The first-order valence-corrected chi connectivity index (χ1v) is 16.9. The van der Waals surface area contributed by atoms with Gasteiger partial charge in [0, 0.05) is 24.0 Å². The SMILES string of the molecule is CC[C@H](C)NC(=O)[C@H](Cc1ccccc1)N(Cc1cccc(OC)c1)C(=O)CN(c1ccc(Cl)cc1)S(=O)(=O)c1ccc(C)cc1. The highest BCUT2D eigenvalue weighted by Gasteiger charge is 2.35. The predicted molar refractivity (Wildman–Crippen MR) is 183 cm³/mol. The second-order valence-electron chi connectivity index (χ2n) is 11.2. The van der Waals surface area contributed by atoms with E-state index in [1.165, 1.54) is 17.0 Å². The lowest BCUT2D eigenvalue weighted by Crippen LogP contribution is -2.54. The first kappa shape index (κ1) is 34.5. The fraction of sp³-hybridized carbons (Fsp3) is 0.278. The van der Waals surface area contributed by atoms with Gasteiger partial charge in [-0.05, 0) is 79.9 Å². The van der Waals surface area contributed by atoms with E-state index in [-0.39, 0.29) is 35.5 Å². The molecule has 46 heavy (non-hydrogen) atoms. The average Bonchev–Trinajstić information content (AvgIpc) is 3.06. The van der Waals surface area contributed by atoms with Crippen LogP contribution in [0.25, 0.3) is 0 Å². The third-order valence-electron chi connectivity index (χ3n) is 7.76. The lowest BCUT2D eigenvalue weighted by atomic mass is 10.0. The van der Waals surface area contributed by atoms with Gasteiger partial charge in [-0.25, -0.2) is 8.42 Å². The van der Waals surface area contributed by atoms with Crippen molar-refractivity contribution >= 4 is 39.1 Å². The highest BCUT2D eigenvalue weighted by molar-refractivity contribution is 7.92. The van der Waals surface area contributed by atoms with Gasteiger partial charge in [0.25, 0.3) is 10.0 Å². The van der Waals surface area contributed by atoms with Gasteiger partial charge in [-0.1, -0.05) is 78.7 Å². The Morgan fingerprint density at radius 1 is 0.891 bits per heavy atom.